The van der Waals surface area contributed by atoms with Crippen molar-refractivity contribution in [2.45, 2.75) is 13.5 Å². The van der Waals surface area contributed by atoms with E-state index in [1.807, 2.05) is 12.1 Å². The molecule has 0 aliphatic carbocycles. The molecule has 0 bridgehead atoms. The van der Waals surface area contributed by atoms with Crippen molar-refractivity contribution in [2.24, 2.45) is 11.4 Å². The summed E-state index contributed by atoms with van der Waals surface area (Å²) in [5, 5.41) is 6.84. The maximum absolute atomic E-state index is 12.7. The summed E-state index contributed by atoms with van der Waals surface area (Å²) in [6.07, 6.45) is 2.98. The van der Waals surface area contributed by atoms with E-state index >= 15 is 0 Å². The van der Waals surface area contributed by atoms with Gasteiger partial charge in [0, 0.05) is 31.9 Å². The average Bonchev–Trinajstić information content (AvgIpc) is 3.01. The van der Waals surface area contributed by atoms with E-state index in [4.69, 9.17) is 4.74 Å². The highest BCUT2D eigenvalue weighted by molar-refractivity contribution is 7.88. The van der Waals surface area contributed by atoms with E-state index < -0.39 is 16.1 Å². The molecular formula is C18H21N5O4S. The minimum atomic E-state index is -4.01. The van der Waals surface area contributed by atoms with Crippen LogP contribution < -0.4 is 10.1 Å². The molecule has 0 radical (unpaired) electrons. The van der Waals surface area contributed by atoms with Crippen LogP contribution in [0.25, 0.3) is 0 Å². The van der Waals surface area contributed by atoms with Gasteiger partial charge in [0.1, 0.15) is 11.4 Å². The summed E-state index contributed by atoms with van der Waals surface area (Å²) in [6.45, 7) is 2.04. The topological polar surface area (TPSA) is 106 Å². The maximum atomic E-state index is 12.7. The first-order chi connectivity index (χ1) is 13.2. The van der Waals surface area contributed by atoms with Crippen LogP contribution in [0.1, 0.15) is 16.8 Å². The number of likely N-dealkylation sites (N-methyl/N-ethyl adjacent to an activating group) is 1. The first-order valence-corrected chi connectivity index (χ1v) is 9.83. The molecule has 2 heterocycles. The highest BCUT2D eigenvalue weighted by Gasteiger charge is 2.30. The van der Waals surface area contributed by atoms with Crippen molar-refractivity contribution >= 4 is 21.8 Å². The number of amides is 1. The van der Waals surface area contributed by atoms with Crippen LogP contribution in [0.15, 0.2) is 46.6 Å². The van der Waals surface area contributed by atoms with Crippen LogP contribution in [0.2, 0.25) is 0 Å². The molecule has 1 aliphatic heterocycles. The largest absolute Gasteiger partial charge is 0.497 e. The van der Waals surface area contributed by atoms with Crippen molar-refractivity contribution in [3.63, 3.8) is 0 Å². The summed E-state index contributed by atoms with van der Waals surface area (Å²) in [5.74, 6) is 0.194. The number of hydrogen-bond donors (Lipinski definition) is 1. The van der Waals surface area contributed by atoms with E-state index in [9.17, 15) is 13.2 Å². The third-order valence-corrected chi connectivity index (χ3v) is 5.84. The Morgan fingerprint density at radius 1 is 1.21 bits per heavy atom. The van der Waals surface area contributed by atoms with Gasteiger partial charge in [-0.05, 0) is 30.7 Å². The minimum absolute atomic E-state index is 0.0123. The van der Waals surface area contributed by atoms with Gasteiger partial charge in [-0.3, -0.25) is 9.48 Å². The lowest BCUT2D eigenvalue weighted by molar-refractivity contribution is -0.118. The molecule has 9 nitrogen and oxygen atoms in total. The molecule has 1 N–H and O–H groups in total. The van der Waals surface area contributed by atoms with Gasteiger partial charge < -0.3 is 10.1 Å². The Hall–Kier alpha value is -3.14. The number of benzene rings is 1. The number of hydrogen-bond acceptors (Lipinski definition) is 5. The summed E-state index contributed by atoms with van der Waals surface area (Å²) in [7, 11) is 0.603. The first kappa shape index (κ1) is 19.6. The number of aryl methyl sites for hydroxylation is 1. The van der Waals surface area contributed by atoms with Gasteiger partial charge in [0.2, 0.25) is 0 Å². The number of rotatable bonds is 5. The fourth-order valence-corrected chi connectivity index (χ4v) is 3.56. The van der Waals surface area contributed by atoms with Gasteiger partial charge in [-0.25, -0.2) is 4.31 Å². The van der Waals surface area contributed by atoms with Gasteiger partial charge in [0.05, 0.1) is 19.0 Å². The zero-order chi connectivity index (χ0) is 20.5. The van der Waals surface area contributed by atoms with Crippen LogP contribution in [-0.4, -0.2) is 48.3 Å². The number of carbonyl (C=O) groups excluding carboxylic acids is 1. The second-order valence-corrected chi connectivity index (χ2v) is 7.88. The van der Waals surface area contributed by atoms with Crippen molar-refractivity contribution in [1.82, 2.24) is 19.4 Å². The summed E-state index contributed by atoms with van der Waals surface area (Å²) in [6, 6.07) is 7.21. The number of aromatic nitrogens is 2. The van der Waals surface area contributed by atoms with E-state index in [1.54, 1.807) is 37.9 Å². The van der Waals surface area contributed by atoms with Crippen LogP contribution in [-0.2, 0) is 28.6 Å². The molecule has 0 spiro atoms. The van der Waals surface area contributed by atoms with Gasteiger partial charge in [-0.2, -0.15) is 13.5 Å². The van der Waals surface area contributed by atoms with Gasteiger partial charge >= 0.3 is 10.2 Å². The quantitative estimate of drug-likeness (QED) is 0.799. The second kappa shape index (κ2) is 7.47. The standard InChI is InChI=1S/C18H21N5O4S/c1-12-15(11-20-22(12)2)16-9-17(23(3)28(25,26)21-16)18(24)19-10-13-5-7-14(27-4)8-6-13/h5-9,11H,10H2,1-4H3,(H,19,24). The fourth-order valence-electron chi connectivity index (χ4n) is 2.66. The van der Waals surface area contributed by atoms with Crippen LogP contribution in [0.4, 0.5) is 0 Å². The number of allylic oxidation sites excluding steroid dienone is 1. The van der Waals surface area contributed by atoms with Crippen molar-refractivity contribution in [1.29, 1.82) is 0 Å². The SMILES string of the molecule is COc1ccc(CNC(=O)C2=CC(c3cnn(C)c3C)=NS(=O)(=O)N2C)cc1. The Bertz CT molecular complexity index is 1070. The second-order valence-electron chi connectivity index (χ2n) is 6.25. The Morgan fingerprint density at radius 2 is 1.89 bits per heavy atom. The van der Waals surface area contributed by atoms with E-state index in [0.29, 0.717) is 11.3 Å². The van der Waals surface area contributed by atoms with E-state index in [-0.39, 0.29) is 18.0 Å². The zero-order valence-corrected chi connectivity index (χ0v) is 16.8. The van der Waals surface area contributed by atoms with Gasteiger partial charge in [0.25, 0.3) is 5.91 Å². The van der Waals surface area contributed by atoms with Gasteiger partial charge in [-0.15, -0.1) is 4.40 Å². The van der Waals surface area contributed by atoms with Crippen molar-refractivity contribution in [3.8, 4) is 5.75 Å². The molecule has 1 aliphatic rings. The molecule has 1 aromatic heterocycles. The summed E-state index contributed by atoms with van der Waals surface area (Å²) in [4.78, 5) is 12.7. The van der Waals surface area contributed by atoms with Crippen molar-refractivity contribution < 1.29 is 17.9 Å². The molecule has 0 saturated heterocycles. The molecule has 0 fully saturated rings. The molecule has 10 heteroatoms. The van der Waals surface area contributed by atoms with E-state index in [1.165, 1.54) is 19.3 Å². The Labute approximate surface area is 163 Å². The predicted octanol–water partition coefficient (Wildman–Crippen LogP) is 0.917. The highest BCUT2D eigenvalue weighted by atomic mass is 32.2. The van der Waals surface area contributed by atoms with E-state index in [0.717, 1.165) is 15.6 Å². The molecule has 2 aromatic rings. The van der Waals surface area contributed by atoms with Crippen molar-refractivity contribution in [2.75, 3.05) is 14.2 Å². The third-order valence-electron chi connectivity index (χ3n) is 4.53. The van der Waals surface area contributed by atoms with Crippen molar-refractivity contribution in [3.05, 3.63) is 59.1 Å². The molecule has 148 valence electrons. The zero-order valence-electron chi connectivity index (χ0n) is 16.0. The molecule has 3 rings (SSSR count). The molecule has 1 amide bonds. The molecule has 0 unspecified atom stereocenters. The highest BCUT2D eigenvalue weighted by Crippen LogP contribution is 2.21. The van der Waals surface area contributed by atoms with Crippen LogP contribution in [0, 0.1) is 6.92 Å². The Balaban J connectivity index is 1.84. The summed E-state index contributed by atoms with van der Waals surface area (Å²) >= 11 is 0. The van der Waals surface area contributed by atoms with Crippen LogP contribution in [0.5, 0.6) is 5.75 Å². The lowest BCUT2D eigenvalue weighted by Gasteiger charge is -2.23. The van der Waals surface area contributed by atoms with E-state index in [2.05, 4.69) is 14.8 Å². The number of nitrogens with zero attached hydrogens (tertiary/aromatic N) is 4. The average molecular weight is 403 g/mol. The monoisotopic (exact) mass is 403 g/mol. The smallest absolute Gasteiger partial charge is 0.345 e. The van der Waals surface area contributed by atoms with Crippen LogP contribution in [0.3, 0.4) is 0 Å². The number of carbonyl (C=O) groups is 1. The number of ether oxygens (including phenoxy) is 1. The third kappa shape index (κ3) is 3.77. The number of methoxy groups -OCH3 is 1. The molecular weight excluding hydrogens is 382 g/mol. The molecule has 1 aromatic carbocycles. The molecule has 0 atom stereocenters. The maximum Gasteiger partial charge on any atom is 0.345 e. The van der Waals surface area contributed by atoms with Gasteiger partial charge in [0.15, 0.2) is 0 Å². The molecule has 28 heavy (non-hydrogen) atoms. The molecule has 0 saturated carbocycles. The minimum Gasteiger partial charge on any atom is -0.497 e. The van der Waals surface area contributed by atoms with Crippen LogP contribution >= 0.6 is 0 Å². The summed E-state index contributed by atoms with van der Waals surface area (Å²) < 4.78 is 36.2. The Kier molecular flexibility index (Phi) is 5.23. The summed E-state index contributed by atoms with van der Waals surface area (Å²) in [5.41, 5.74) is 2.32. The first-order valence-electron chi connectivity index (χ1n) is 8.43. The lowest BCUT2D eigenvalue weighted by atomic mass is 10.1. The number of nitrogens with one attached hydrogen (secondary N) is 1. The Morgan fingerprint density at radius 3 is 2.46 bits per heavy atom. The predicted molar refractivity (Wildman–Crippen MR) is 104 cm³/mol. The lowest BCUT2D eigenvalue weighted by Crippen LogP contribution is -2.38. The van der Waals surface area contributed by atoms with Gasteiger partial charge in [-0.1, -0.05) is 12.1 Å². The normalized spacial score (nSPS) is 15.6. The fraction of sp³-hybridized carbons (Fsp3) is 0.278.